The molecular weight excluding hydrogens is 540 g/mol. The predicted molar refractivity (Wildman–Crippen MR) is 140 cm³/mol. The highest BCUT2D eigenvalue weighted by molar-refractivity contribution is 5.50. The van der Waals surface area contributed by atoms with Crippen LogP contribution in [0.5, 0.6) is 0 Å². The molecule has 6 nitrogen and oxygen atoms in total. The second kappa shape index (κ2) is 15.4. The van der Waals surface area contributed by atoms with E-state index in [0.717, 1.165) is 31.9 Å². The van der Waals surface area contributed by atoms with E-state index in [1.165, 1.54) is 13.0 Å². The highest BCUT2D eigenvalue weighted by Gasteiger charge is 2.37. The number of carbonyl (C=O) groups excluding carboxylic acids is 1. The molecule has 224 valence electrons. The molecule has 0 radical (unpaired) electrons. The summed E-state index contributed by atoms with van der Waals surface area (Å²) in [5.74, 6) is 0. The van der Waals surface area contributed by atoms with E-state index < -0.39 is 35.6 Å². The summed E-state index contributed by atoms with van der Waals surface area (Å²) in [6, 6.07) is 8.46. The second-order valence-electron chi connectivity index (χ2n) is 9.60. The zero-order chi connectivity index (χ0) is 29.8. The second-order valence-corrected chi connectivity index (χ2v) is 9.60. The molecule has 1 amide bonds. The smallest absolute Gasteiger partial charge is 0.379 e. The van der Waals surface area contributed by atoms with Crippen LogP contribution in [0.15, 0.2) is 42.5 Å². The maximum Gasteiger partial charge on any atom is 0.416 e. The Morgan fingerprint density at radius 1 is 0.950 bits per heavy atom. The average Bonchev–Trinajstić information content (AvgIpc) is 2.89. The van der Waals surface area contributed by atoms with E-state index in [1.54, 1.807) is 19.2 Å². The van der Waals surface area contributed by atoms with Gasteiger partial charge in [-0.2, -0.15) is 26.3 Å². The van der Waals surface area contributed by atoms with Crippen LogP contribution in [0.1, 0.15) is 41.2 Å². The fourth-order valence-corrected chi connectivity index (χ4v) is 4.29. The van der Waals surface area contributed by atoms with Crippen LogP contribution in [0, 0.1) is 6.92 Å². The molecule has 0 spiro atoms. The third-order valence-corrected chi connectivity index (χ3v) is 6.33. The van der Waals surface area contributed by atoms with Crippen LogP contribution in [-0.4, -0.2) is 64.4 Å². The zero-order valence-electron chi connectivity index (χ0n) is 22.9. The summed E-state index contributed by atoms with van der Waals surface area (Å²) < 4.78 is 88.9. The molecule has 1 fully saturated rings. The van der Waals surface area contributed by atoms with Crippen LogP contribution in [0.4, 0.5) is 26.3 Å². The topological polar surface area (TPSA) is 62.8 Å². The first-order valence-corrected chi connectivity index (χ1v) is 12.9. The molecular formula is C28H37F6N3O3. The van der Waals surface area contributed by atoms with Crippen LogP contribution in [0.25, 0.3) is 0 Å². The van der Waals surface area contributed by atoms with Crippen molar-refractivity contribution in [3.05, 3.63) is 70.3 Å². The number of halogens is 6. The number of rotatable bonds is 11. The van der Waals surface area contributed by atoms with Gasteiger partial charge in [-0.1, -0.05) is 36.8 Å². The number of ether oxygens (including phenoxy) is 2. The number of likely N-dealkylation sites (N-methyl/N-ethyl adjacent to an activating group) is 1. The molecule has 1 heterocycles. The summed E-state index contributed by atoms with van der Waals surface area (Å²) in [4.78, 5) is 13.7. The van der Waals surface area contributed by atoms with Crippen molar-refractivity contribution >= 4 is 6.41 Å². The standard InChI is InChI=1S/C21H22F6N2O2.C7H15NO/c1-14-3-5-16(6-4-14)19(11-28-2,29-13-30)12-31-10-15-7-17(20(22,23)24)9-18(8-15)21(25,26)27;1-2-3-8-4-6-9-7-5-8/h3-9,13,28H,10-12H2,1-2H3,(H,29,30);2-7H2,1H3. The summed E-state index contributed by atoms with van der Waals surface area (Å²) in [7, 11) is 1.64. The fraction of sp³-hybridized carbons (Fsp3) is 0.536. The van der Waals surface area contributed by atoms with E-state index in [2.05, 4.69) is 22.5 Å². The Labute approximate surface area is 231 Å². The van der Waals surface area contributed by atoms with Gasteiger partial charge in [0.1, 0.15) is 5.54 Å². The number of carbonyl (C=O) groups is 1. The van der Waals surface area contributed by atoms with Gasteiger partial charge in [0.15, 0.2) is 0 Å². The summed E-state index contributed by atoms with van der Waals surface area (Å²) in [5, 5.41) is 5.58. The van der Waals surface area contributed by atoms with Gasteiger partial charge < -0.3 is 20.1 Å². The number of aryl methyl sites for hydroxylation is 1. The molecule has 0 aromatic heterocycles. The molecule has 12 heteroatoms. The van der Waals surface area contributed by atoms with Crippen LogP contribution < -0.4 is 10.6 Å². The van der Waals surface area contributed by atoms with Gasteiger partial charge in [-0.15, -0.1) is 0 Å². The van der Waals surface area contributed by atoms with E-state index >= 15 is 0 Å². The predicted octanol–water partition coefficient (Wildman–Crippen LogP) is 5.14. The Bertz CT molecular complexity index is 1010. The van der Waals surface area contributed by atoms with E-state index in [0.29, 0.717) is 24.1 Å². The van der Waals surface area contributed by atoms with Crippen LogP contribution >= 0.6 is 0 Å². The van der Waals surface area contributed by atoms with E-state index in [-0.39, 0.29) is 24.8 Å². The summed E-state index contributed by atoms with van der Waals surface area (Å²) in [6.45, 7) is 8.98. The first kappa shape index (κ1) is 33.5. The van der Waals surface area contributed by atoms with Crippen molar-refractivity contribution < 1.29 is 40.6 Å². The third-order valence-electron chi connectivity index (χ3n) is 6.33. The fourth-order valence-electron chi connectivity index (χ4n) is 4.29. The lowest BCUT2D eigenvalue weighted by Crippen LogP contribution is -2.52. The van der Waals surface area contributed by atoms with E-state index in [1.807, 2.05) is 19.1 Å². The summed E-state index contributed by atoms with van der Waals surface area (Å²) >= 11 is 0. The van der Waals surface area contributed by atoms with Gasteiger partial charge in [-0.25, -0.2) is 0 Å². The Kier molecular flexibility index (Phi) is 12.9. The van der Waals surface area contributed by atoms with Crippen molar-refractivity contribution in [1.82, 2.24) is 15.5 Å². The van der Waals surface area contributed by atoms with Crippen molar-refractivity contribution in [1.29, 1.82) is 0 Å². The molecule has 2 N–H and O–H groups in total. The number of nitrogens with one attached hydrogen (secondary N) is 2. The van der Waals surface area contributed by atoms with Crippen molar-refractivity contribution in [2.24, 2.45) is 0 Å². The molecule has 0 bridgehead atoms. The van der Waals surface area contributed by atoms with Crippen molar-refractivity contribution in [3.63, 3.8) is 0 Å². The largest absolute Gasteiger partial charge is 0.416 e. The molecule has 1 aliphatic heterocycles. The monoisotopic (exact) mass is 577 g/mol. The number of amides is 1. The minimum absolute atomic E-state index is 0.0645. The van der Waals surface area contributed by atoms with Crippen LogP contribution in [0.3, 0.4) is 0 Å². The van der Waals surface area contributed by atoms with Gasteiger partial charge in [0.2, 0.25) is 6.41 Å². The number of hydrogen-bond donors (Lipinski definition) is 2. The maximum absolute atomic E-state index is 13.0. The Morgan fingerprint density at radius 3 is 2.00 bits per heavy atom. The molecule has 3 rings (SSSR count). The first-order valence-electron chi connectivity index (χ1n) is 12.9. The molecule has 2 aromatic carbocycles. The Morgan fingerprint density at radius 2 is 1.52 bits per heavy atom. The SMILES string of the molecule is CCCN1CCOCC1.CNCC(COCc1cc(C(F)(F)F)cc(C(F)(F)F)c1)(NC=O)c1ccc(C)cc1. The number of morpholine rings is 1. The number of benzene rings is 2. The minimum Gasteiger partial charge on any atom is -0.379 e. The van der Waals surface area contributed by atoms with Gasteiger partial charge in [0, 0.05) is 19.6 Å². The third kappa shape index (κ3) is 10.4. The molecule has 1 aliphatic rings. The van der Waals surface area contributed by atoms with Crippen molar-refractivity contribution in [2.75, 3.05) is 53.0 Å². The number of hydrogen-bond acceptors (Lipinski definition) is 5. The molecule has 1 unspecified atom stereocenters. The molecule has 1 saturated heterocycles. The minimum atomic E-state index is -4.94. The lowest BCUT2D eigenvalue weighted by Gasteiger charge is -2.33. The number of nitrogens with zero attached hydrogens (tertiary/aromatic N) is 1. The van der Waals surface area contributed by atoms with Gasteiger partial charge in [-0.05, 0) is 56.3 Å². The Balaban J connectivity index is 0.000000526. The Hall–Kier alpha value is -2.67. The average molecular weight is 578 g/mol. The highest BCUT2D eigenvalue weighted by atomic mass is 19.4. The maximum atomic E-state index is 13.0. The zero-order valence-corrected chi connectivity index (χ0v) is 22.9. The van der Waals surface area contributed by atoms with Crippen LogP contribution in [0.2, 0.25) is 0 Å². The van der Waals surface area contributed by atoms with Gasteiger partial charge in [-0.3, -0.25) is 9.69 Å². The summed E-state index contributed by atoms with van der Waals surface area (Å²) in [5.41, 5.74) is -2.54. The quantitative estimate of drug-likeness (QED) is 0.286. The van der Waals surface area contributed by atoms with E-state index in [4.69, 9.17) is 9.47 Å². The lowest BCUT2D eigenvalue weighted by atomic mass is 9.90. The molecule has 2 aromatic rings. The van der Waals surface area contributed by atoms with Crippen LogP contribution in [-0.2, 0) is 38.8 Å². The lowest BCUT2D eigenvalue weighted by molar-refractivity contribution is -0.143. The molecule has 1 atom stereocenters. The first-order chi connectivity index (χ1) is 18.8. The number of alkyl halides is 6. The molecule has 0 saturated carbocycles. The van der Waals surface area contributed by atoms with Gasteiger partial charge in [0.25, 0.3) is 0 Å². The summed E-state index contributed by atoms with van der Waals surface area (Å²) in [6.07, 6.45) is -8.15. The van der Waals surface area contributed by atoms with Crippen molar-refractivity contribution in [3.8, 4) is 0 Å². The highest BCUT2D eigenvalue weighted by Crippen LogP contribution is 2.36. The normalized spacial score (nSPS) is 16.0. The molecule has 0 aliphatic carbocycles. The van der Waals surface area contributed by atoms with Gasteiger partial charge in [0.05, 0.1) is 37.6 Å². The van der Waals surface area contributed by atoms with Crippen molar-refractivity contribution in [2.45, 2.75) is 44.8 Å². The van der Waals surface area contributed by atoms with Gasteiger partial charge >= 0.3 is 12.4 Å². The molecule has 40 heavy (non-hydrogen) atoms. The van der Waals surface area contributed by atoms with E-state index in [9.17, 15) is 31.1 Å².